The second kappa shape index (κ2) is 7.24. The van der Waals surface area contributed by atoms with Crippen molar-refractivity contribution in [2.75, 3.05) is 13.1 Å². The van der Waals surface area contributed by atoms with Gasteiger partial charge in [0.25, 0.3) is 0 Å². The summed E-state index contributed by atoms with van der Waals surface area (Å²) >= 11 is 0. The van der Waals surface area contributed by atoms with Crippen LogP contribution in [0.15, 0.2) is 30.3 Å². The van der Waals surface area contributed by atoms with E-state index in [2.05, 4.69) is 22.8 Å². The molecule has 1 aliphatic heterocycles. The summed E-state index contributed by atoms with van der Waals surface area (Å²) in [6, 6.07) is 10.7. The number of carbonyl (C=O) groups is 1. The molecule has 0 bridgehead atoms. The van der Waals surface area contributed by atoms with Crippen molar-refractivity contribution in [2.45, 2.75) is 18.9 Å². The van der Waals surface area contributed by atoms with E-state index in [0.717, 1.165) is 19.4 Å². The molecule has 0 radical (unpaired) electrons. The van der Waals surface area contributed by atoms with E-state index in [1.165, 1.54) is 5.56 Å². The fourth-order valence-electron chi connectivity index (χ4n) is 2.35. The lowest BCUT2D eigenvalue weighted by molar-refractivity contribution is 0.189. The average molecular weight is 271 g/mol. The highest BCUT2D eigenvalue weighted by Gasteiger charge is 2.22. The number of nitrogens with one attached hydrogen (secondary N) is 2. The van der Waals surface area contributed by atoms with Gasteiger partial charge in [-0.2, -0.15) is 0 Å². The Labute approximate surface area is 113 Å². The standard InChI is InChI=1S/C13H18N2O2.ClH/c16-13(17)15-9-10-6-7-14-12(8-10)11-4-2-1-3-5-11;/h1-5,10,12,14-15H,6-9H2,(H,16,17);1H/t10-,12+;/m1./s1. The van der Waals surface area contributed by atoms with Crippen LogP contribution in [-0.4, -0.2) is 24.3 Å². The van der Waals surface area contributed by atoms with Crippen LogP contribution < -0.4 is 10.6 Å². The molecule has 1 aliphatic rings. The lowest BCUT2D eigenvalue weighted by atomic mass is 9.89. The Kier molecular flexibility index (Phi) is 5.95. The molecule has 18 heavy (non-hydrogen) atoms. The summed E-state index contributed by atoms with van der Waals surface area (Å²) in [4.78, 5) is 10.5. The van der Waals surface area contributed by atoms with E-state index in [0.29, 0.717) is 18.5 Å². The van der Waals surface area contributed by atoms with Crippen LogP contribution in [0.4, 0.5) is 4.79 Å². The van der Waals surface area contributed by atoms with Gasteiger partial charge in [-0.3, -0.25) is 0 Å². The van der Waals surface area contributed by atoms with Gasteiger partial charge in [-0.25, -0.2) is 4.79 Å². The van der Waals surface area contributed by atoms with Crippen LogP contribution in [0.2, 0.25) is 0 Å². The fraction of sp³-hybridized carbons (Fsp3) is 0.462. The topological polar surface area (TPSA) is 61.4 Å². The highest BCUT2D eigenvalue weighted by atomic mass is 35.5. The zero-order chi connectivity index (χ0) is 12.1. The SMILES string of the molecule is Cl.O=C(O)NC[C@@H]1CCN[C@H](c2ccccc2)C1. The number of carboxylic acid groups (broad SMARTS) is 1. The van der Waals surface area contributed by atoms with Crippen molar-refractivity contribution in [3.05, 3.63) is 35.9 Å². The van der Waals surface area contributed by atoms with E-state index in [9.17, 15) is 4.79 Å². The molecule has 1 fully saturated rings. The quantitative estimate of drug-likeness (QED) is 0.790. The molecule has 3 N–H and O–H groups in total. The fourth-order valence-corrected chi connectivity index (χ4v) is 2.35. The van der Waals surface area contributed by atoms with E-state index in [4.69, 9.17) is 5.11 Å². The van der Waals surface area contributed by atoms with E-state index in [1.807, 2.05) is 18.2 Å². The van der Waals surface area contributed by atoms with Crippen LogP contribution in [0.3, 0.4) is 0 Å². The zero-order valence-electron chi connectivity index (χ0n) is 10.1. The minimum absolute atomic E-state index is 0. The van der Waals surface area contributed by atoms with Crippen LogP contribution >= 0.6 is 12.4 Å². The van der Waals surface area contributed by atoms with Crippen LogP contribution in [0.25, 0.3) is 0 Å². The van der Waals surface area contributed by atoms with E-state index < -0.39 is 6.09 Å². The first-order valence-electron chi connectivity index (χ1n) is 6.01. The average Bonchev–Trinajstić information content (AvgIpc) is 2.38. The first kappa shape index (κ1) is 14.8. The van der Waals surface area contributed by atoms with Crippen molar-refractivity contribution in [3.63, 3.8) is 0 Å². The second-order valence-electron chi connectivity index (χ2n) is 4.49. The molecule has 1 saturated heterocycles. The smallest absolute Gasteiger partial charge is 0.404 e. The van der Waals surface area contributed by atoms with Crippen LogP contribution in [0.1, 0.15) is 24.4 Å². The molecule has 0 spiro atoms. The Balaban J connectivity index is 0.00000162. The Bertz CT molecular complexity index is 373. The van der Waals surface area contributed by atoms with Gasteiger partial charge in [-0.05, 0) is 30.9 Å². The summed E-state index contributed by atoms with van der Waals surface area (Å²) in [5, 5.41) is 14.6. The summed E-state index contributed by atoms with van der Waals surface area (Å²) in [5.41, 5.74) is 1.28. The number of rotatable bonds is 3. The van der Waals surface area contributed by atoms with E-state index in [-0.39, 0.29) is 12.4 Å². The molecule has 1 aromatic rings. The highest BCUT2D eigenvalue weighted by molar-refractivity contribution is 5.85. The van der Waals surface area contributed by atoms with Crippen molar-refractivity contribution in [1.29, 1.82) is 0 Å². The number of hydrogen-bond donors (Lipinski definition) is 3. The third-order valence-corrected chi connectivity index (χ3v) is 3.26. The van der Waals surface area contributed by atoms with Crippen molar-refractivity contribution < 1.29 is 9.90 Å². The Morgan fingerprint density at radius 2 is 2.11 bits per heavy atom. The molecule has 0 saturated carbocycles. The van der Waals surface area contributed by atoms with Crippen molar-refractivity contribution in [1.82, 2.24) is 10.6 Å². The predicted octanol–water partition coefficient (Wildman–Crippen LogP) is 2.42. The normalized spacial score (nSPS) is 22.9. The number of halogens is 1. The molecule has 100 valence electrons. The van der Waals surface area contributed by atoms with Crippen LogP contribution in [0, 0.1) is 5.92 Å². The minimum Gasteiger partial charge on any atom is -0.465 e. The van der Waals surface area contributed by atoms with Gasteiger partial charge in [-0.15, -0.1) is 12.4 Å². The molecule has 1 amide bonds. The molecule has 0 aliphatic carbocycles. The number of amides is 1. The van der Waals surface area contributed by atoms with Gasteiger partial charge in [0.2, 0.25) is 0 Å². The van der Waals surface area contributed by atoms with Gasteiger partial charge < -0.3 is 15.7 Å². The summed E-state index contributed by atoms with van der Waals surface area (Å²) in [6.07, 6.45) is 1.09. The molecule has 1 heterocycles. The summed E-state index contributed by atoms with van der Waals surface area (Å²) in [6.45, 7) is 1.51. The summed E-state index contributed by atoms with van der Waals surface area (Å²) in [5.74, 6) is 0.428. The minimum atomic E-state index is -0.931. The van der Waals surface area contributed by atoms with Gasteiger partial charge in [0.05, 0.1) is 0 Å². The van der Waals surface area contributed by atoms with E-state index >= 15 is 0 Å². The summed E-state index contributed by atoms with van der Waals surface area (Å²) in [7, 11) is 0. The molecule has 1 aromatic carbocycles. The van der Waals surface area contributed by atoms with Gasteiger partial charge in [0.1, 0.15) is 0 Å². The molecule has 0 unspecified atom stereocenters. The summed E-state index contributed by atoms with van der Waals surface area (Å²) < 4.78 is 0. The Hall–Kier alpha value is -1.26. The van der Waals surface area contributed by atoms with Gasteiger partial charge >= 0.3 is 6.09 Å². The third kappa shape index (κ3) is 4.20. The second-order valence-corrected chi connectivity index (χ2v) is 4.49. The molecule has 2 atom stereocenters. The van der Waals surface area contributed by atoms with Crippen molar-refractivity contribution >= 4 is 18.5 Å². The van der Waals surface area contributed by atoms with Crippen LogP contribution in [0.5, 0.6) is 0 Å². The molecule has 4 nitrogen and oxygen atoms in total. The third-order valence-electron chi connectivity index (χ3n) is 3.26. The lowest BCUT2D eigenvalue weighted by Gasteiger charge is -2.30. The first-order chi connectivity index (χ1) is 8.25. The van der Waals surface area contributed by atoms with Crippen LogP contribution in [-0.2, 0) is 0 Å². The number of benzene rings is 1. The Morgan fingerprint density at radius 3 is 2.78 bits per heavy atom. The molecular formula is C13H19ClN2O2. The highest BCUT2D eigenvalue weighted by Crippen LogP contribution is 2.26. The predicted molar refractivity (Wildman–Crippen MR) is 73.2 cm³/mol. The van der Waals surface area contributed by atoms with Gasteiger partial charge in [-0.1, -0.05) is 30.3 Å². The molecule has 0 aromatic heterocycles. The number of piperidine rings is 1. The maximum atomic E-state index is 10.5. The number of hydrogen-bond acceptors (Lipinski definition) is 2. The van der Waals surface area contributed by atoms with Gasteiger partial charge in [0, 0.05) is 12.6 Å². The monoisotopic (exact) mass is 270 g/mol. The molecule has 5 heteroatoms. The largest absolute Gasteiger partial charge is 0.465 e. The molecular weight excluding hydrogens is 252 g/mol. The van der Waals surface area contributed by atoms with Gasteiger partial charge in [0.15, 0.2) is 0 Å². The maximum Gasteiger partial charge on any atom is 0.404 e. The zero-order valence-corrected chi connectivity index (χ0v) is 11.0. The maximum absolute atomic E-state index is 10.5. The van der Waals surface area contributed by atoms with Crippen molar-refractivity contribution in [3.8, 4) is 0 Å². The molecule has 2 rings (SSSR count). The van der Waals surface area contributed by atoms with E-state index in [1.54, 1.807) is 0 Å². The lowest BCUT2D eigenvalue weighted by Crippen LogP contribution is -2.37. The van der Waals surface area contributed by atoms with Crippen molar-refractivity contribution in [2.24, 2.45) is 5.92 Å². The first-order valence-corrected chi connectivity index (χ1v) is 6.01. The Morgan fingerprint density at radius 1 is 1.39 bits per heavy atom.